The highest BCUT2D eigenvalue weighted by atomic mass is 14.4. The summed E-state index contributed by atoms with van der Waals surface area (Å²) in [6.45, 7) is 4.67. The van der Waals surface area contributed by atoms with Gasteiger partial charge in [-0.25, -0.2) is 0 Å². The van der Waals surface area contributed by atoms with Gasteiger partial charge in [-0.15, -0.1) is 0 Å². The van der Waals surface area contributed by atoms with E-state index in [-0.39, 0.29) is 20.3 Å². The van der Waals surface area contributed by atoms with Gasteiger partial charge in [0.25, 0.3) is 0 Å². The van der Waals surface area contributed by atoms with Crippen molar-refractivity contribution in [3.8, 4) is 22.3 Å². The van der Waals surface area contributed by atoms with E-state index in [9.17, 15) is 0 Å². The first kappa shape index (κ1) is 17.0. The fourth-order valence-corrected chi connectivity index (χ4v) is 3.71. The van der Waals surface area contributed by atoms with Gasteiger partial charge in [-0.2, -0.15) is 0 Å². The monoisotopic (exact) mass is 302 g/mol. The van der Waals surface area contributed by atoms with Crippen molar-refractivity contribution in [3.63, 3.8) is 0 Å². The summed E-state index contributed by atoms with van der Waals surface area (Å²) in [7, 11) is 0. The highest BCUT2D eigenvalue weighted by molar-refractivity contribution is 5.87. The first-order valence-corrected chi connectivity index (χ1v) is 7.48. The molecular formula is C23H26. The molecule has 4 rings (SSSR count). The van der Waals surface area contributed by atoms with Crippen molar-refractivity contribution < 1.29 is 0 Å². The zero-order chi connectivity index (χ0) is 14.4. The van der Waals surface area contributed by atoms with Gasteiger partial charge in [0, 0.05) is 5.41 Å². The van der Waals surface area contributed by atoms with Crippen LogP contribution in [0.2, 0.25) is 0 Å². The molecule has 118 valence electrons. The second kappa shape index (κ2) is 6.04. The highest BCUT2D eigenvalue weighted by Crippen LogP contribution is 2.51. The van der Waals surface area contributed by atoms with Gasteiger partial charge < -0.3 is 0 Å². The van der Waals surface area contributed by atoms with E-state index in [1.807, 2.05) is 0 Å². The van der Waals surface area contributed by atoms with E-state index in [1.165, 1.54) is 33.4 Å². The summed E-state index contributed by atoms with van der Waals surface area (Å²) in [6, 6.07) is 26.2. The lowest BCUT2D eigenvalue weighted by Crippen LogP contribution is -2.16. The molecule has 0 radical (unpaired) electrons. The lowest BCUT2D eigenvalue weighted by Gasteiger charge is -2.24. The summed E-state index contributed by atoms with van der Waals surface area (Å²) in [4.78, 5) is 0. The van der Waals surface area contributed by atoms with E-state index in [0.29, 0.717) is 0 Å². The Morgan fingerprint density at radius 2 is 1.13 bits per heavy atom. The SMILES string of the molecule is C.C.CC1(C)c2ccccc2-c2cccc(-c3ccccc3)c21. The van der Waals surface area contributed by atoms with Crippen molar-refractivity contribution in [3.05, 3.63) is 83.9 Å². The maximum Gasteiger partial charge on any atom is 0.0165 e. The van der Waals surface area contributed by atoms with Crippen molar-refractivity contribution in [1.82, 2.24) is 0 Å². The first-order valence-electron chi connectivity index (χ1n) is 7.48. The quantitative estimate of drug-likeness (QED) is 0.457. The Balaban J connectivity index is 0.000000960. The van der Waals surface area contributed by atoms with Crippen LogP contribution in [0.15, 0.2) is 72.8 Å². The van der Waals surface area contributed by atoms with Crippen LogP contribution in [-0.2, 0) is 5.41 Å². The topological polar surface area (TPSA) is 0 Å². The third-order valence-electron chi connectivity index (χ3n) is 4.66. The molecule has 3 aromatic carbocycles. The molecule has 1 aliphatic carbocycles. The molecule has 0 bridgehead atoms. The molecule has 0 N–H and O–H groups in total. The molecule has 0 aliphatic heterocycles. The molecule has 1 aliphatic rings. The third-order valence-corrected chi connectivity index (χ3v) is 4.66. The number of hydrogen-bond donors (Lipinski definition) is 0. The average Bonchev–Trinajstić information content (AvgIpc) is 2.77. The van der Waals surface area contributed by atoms with Gasteiger partial charge in [-0.05, 0) is 33.4 Å². The number of hydrogen-bond acceptors (Lipinski definition) is 0. The zero-order valence-electron chi connectivity index (χ0n) is 12.4. The van der Waals surface area contributed by atoms with Crippen molar-refractivity contribution in [2.45, 2.75) is 34.1 Å². The van der Waals surface area contributed by atoms with Crippen molar-refractivity contribution in [2.24, 2.45) is 0 Å². The van der Waals surface area contributed by atoms with Crippen LogP contribution in [0.25, 0.3) is 22.3 Å². The lowest BCUT2D eigenvalue weighted by atomic mass is 9.79. The Bertz CT molecular complexity index is 810. The summed E-state index contributed by atoms with van der Waals surface area (Å²) >= 11 is 0. The zero-order valence-corrected chi connectivity index (χ0v) is 12.4. The predicted molar refractivity (Wildman–Crippen MR) is 103 cm³/mol. The Labute approximate surface area is 140 Å². The van der Waals surface area contributed by atoms with E-state index in [2.05, 4.69) is 86.6 Å². The largest absolute Gasteiger partial charge is 0.0776 e. The average molecular weight is 302 g/mol. The maximum absolute atomic E-state index is 2.34. The lowest BCUT2D eigenvalue weighted by molar-refractivity contribution is 0.662. The molecule has 0 aromatic heterocycles. The van der Waals surface area contributed by atoms with Gasteiger partial charge in [-0.3, -0.25) is 0 Å². The first-order chi connectivity index (χ1) is 10.2. The van der Waals surface area contributed by atoms with Crippen LogP contribution in [0.1, 0.15) is 39.8 Å². The third kappa shape index (κ3) is 2.39. The van der Waals surface area contributed by atoms with Crippen molar-refractivity contribution in [2.75, 3.05) is 0 Å². The molecule has 0 unspecified atom stereocenters. The summed E-state index contributed by atoms with van der Waals surface area (Å²) < 4.78 is 0. The molecule has 0 saturated carbocycles. The van der Waals surface area contributed by atoms with Crippen LogP contribution in [0.5, 0.6) is 0 Å². The fourth-order valence-electron chi connectivity index (χ4n) is 3.71. The van der Waals surface area contributed by atoms with Crippen LogP contribution < -0.4 is 0 Å². The number of rotatable bonds is 1. The molecule has 3 aromatic rings. The number of benzene rings is 3. The van der Waals surface area contributed by atoms with Gasteiger partial charge >= 0.3 is 0 Å². The number of fused-ring (bicyclic) bond motifs is 3. The summed E-state index contributed by atoms with van der Waals surface area (Å²) in [5, 5.41) is 0. The molecule has 0 atom stereocenters. The molecule has 0 saturated heterocycles. The fraction of sp³-hybridized carbons (Fsp3) is 0.217. The molecule has 0 fully saturated rings. The van der Waals surface area contributed by atoms with Gasteiger partial charge in [0.15, 0.2) is 0 Å². The van der Waals surface area contributed by atoms with E-state index in [1.54, 1.807) is 0 Å². The smallest absolute Gasteiger partial charge is 0.0165 e. The van der Waals surface area contributed by atoms with Crippen LogP contribution in [-0.4, -0.2) is 0 Å². The Morgan fingerprint density at radius 3 is 1.87 bits per heavy atom. The summed E-state index contributed by atoms with van der Waals surface area (Å²) in [5.41, 5.74) is 8.37. The van der Waals surface area contributed by atoms with Crippen molar-refractivity contribution in [1.29, 1.82) is 0 Å². The Kier molecular flexibility index (Phi) is 4.47. The molecule has 0 amide bonds. The molecule has 0 nitrogen and oxygen atoms in total. The summed E-state index contributed by atoms with van der Waals surface area (Å²) in [5.74, 6) is 0. The van der Waals surface area contributed by atoms with Crippen LogP contribution in [0, 0.1) is 0 Å². The minimum Gasteiger partial charge on any atom is -0.0776 e. The molecular weight excluding hydrogens is 276 g/mol. The standard InChI is InChI=1S/C21H18.2CH4/c1-21(2)19-14-7-6-11-17(19)18-13-8-12-16(20(18)21)15-9-4-3-5-10-15;;/h3-14H,1-2H3;2*1H4. The molecule has 0 spiro atoms. The van der Waals surface area contributed by atoms with E-state index < -0.39 is 0 Å². The Hall–Kier alpha value is -2.34. The molecule has 0 heteroatoms. The molecule has 23 heavy (non-hydrogen) atoms. The molecule has 0 heterocycles. The minimum atomic E-state index is 0. The summed E-state index contributed by atoms with van der Waals surface area (Å²) in [6.07, 6.45) is 0. The van der Waals surface area contributed by atoms with Crippen LogP contribution in [0.4, 0.5) is 0 Å². The minimum absolute atomic E-state index is 0. The van der Waals surface area contributed by atoms with Crippen LogP contribution >= 0.6 is 0 Å². The predicted octanol–water partition coefficient (Wildman–Crippen LogP) is 6.93. The van der Waals surface area contributed by atoms with E-state index >= 15 is 0 Å². The van der Waals surface area contributed by atoms with Gasteiger partial charge in [0.1, 0.15) is 0 Å². The Morgan fingerprint density at radius 1 is 0.565 bits per heavy atom. The highest BCUT2D eigenvalue weighted by Gasteiger charge is 2.36. The van der Waals surface area contributed by atoms with Gasteiger partial charge in [-0.1, -0.05) is 101 Å². The second-order valence-corrected chi connectivity index (χ2v) is 6.26. The second-order valence-electron chi connectivity index (χ2n) is 6.26. The van der Waals surface area contributed by atoms with Gasteiger partial charge in [0.05, 0.1) is 0 Å². The maximum atomic E-state index is 2.34. The van der Waals surface area contributed by atoms with E-state index in [0.717, 1.165) is 0 Å². The normalized spacial score (nSPS) is 13.3. The van der Waals surface area contributed by atoms with Gasteiger partial charge in [0.2, 0.25) is 0 Å². The van der Waals surface area contributed by atoms with E-state index in [4.69, 9.17) is 0 Å². The van der Waals surface area contributed by atoms with Crippen molar-refractivity contribution >= 4 is 0 Å². The van der Waals surface area contributed by atoms with Crippen LogP contribution in [0.3, 0.4) is 0 Å².